The van der Waals surface area contributed by atoms with E-state index in [1.165, 1.54) is 0 Å². The Kier molecular flexibility index (Phi) is 7.33. The molecule has 0 aromatic heterocycles. The largest absolute Gasteiger partial charge is 0.497 e. The summed E-state index contributed by atoms with van der Waals surface area (Å²) in [6.45, 7) is 5.06. The highest BCUT2D eigenvalue weighted by Gasteiger charge is 2.29. The van der Waals surface area contributed by atoms with Gasteiger partial charge in [0.05, 0.1) is 19.6 Å². The van der Waals surface area contributed by atoms with Crippen molar-refractivity contribution in [3.05, 3.63) is 59.7 Å². The fourth-order valence-electron chi connectivity index (χ4n) is 3.64. The summed E-state index contributed by atoms with van der Waals surface area (Å²) in [6, 6.07) is 14.9. The van der Waals surface area contributed by atoms with Crippen molar-refractivity contribution in [2.24, 2.45) is 0 Å². The smallest absolute Gasteiger partial charge is 0.251 e. The molecule has 2 amide bonds. The predicted molar refractivity (Wildman–Crippen MR) is 116 cm³/mol. The van der Waals surface area contributed by atoms with E-state index in [1.54, 1.807) is 31.4 Å². The maximum atomic E-state index is 12.8. The second-order valence-electron chi connectivity index (χ2n) is 7.88. The summed E-state index contributed by atoms with van der Waals surface area (Å²) < 4.78 is 11.2. The summed E-state index contributed by atoms with van der Waals surface area (Å²) in [5, 5.41) is 2.87. The number of ether oxygens (including phenoxy) is 2. The third-order valence-corrected chi connectivity index (χ3v) is 5.17. The van der Waals surface area contributed by atoms with Crippen LogP contribution in [0.15, 0.2) is 48.5 Å². The molecule has 1 aliphatic rings. The van der Waals surface area contributed by atoms with E-state index in [1.807, 2.05) is 43.0 Å². The number of rotatable bonds is 8. The van der Waals surface area contributed by atoms with Crippen LogP contribution in [0.1, 0.15) is 42.6 Å². The van der Waals surface area contributed by atoms with E-state index in [9.17, 15) is 9.59 Å². The van der Waals surface area contributed by atoms with Crippen LogP contribution < -0.4 is 14.8 Å². The Labute approximate surface area is 178 Å². The molecule has 6 heteroatoms. The summed E-state index contributed by atoms with van der Waals surface area (Å²) >= 11 is 0. The Morgan fingerprint density at radius 1 is 1.13 bits per heavy atom. The molecule has 1 unspecified atom stereocenters. The third kappa shape index (κ3) is 5.75. The first kappa shape index (κ1) is 21.7. The number of likely N-dealkylation sites (tertiary alicyclic amines) is 1. The minimum atomic E-state index is -0.0957. The first-order valence-electron chi connectivity index (χ1n) is 10.4. The molecule has 0 radical (unpaired) electrons. The highest BCUT2D eigenvalue weighted by molar-refractivity contribution is 5.94. The maximum absolute atomic E-state index is 12.8. The van der Waals surface area contributed by atoms with E-state index in [4.69, 9.17) is 9.47 Å². The Morgan fingerprint density at radius 3 is 2.60 bits per heavy atom. The summed E-state index contributed by atoms with van der Waals surface area (Å²) in [7, 11) is 1.62. The van der Waals surface area contributed by atoms with Gasteiger partial charge in [0, 0.05) is 18.2 Å². The van der Waals surface area contributed by atoms with Crippen molar-refractivity contribution in [2.45, 2.75) is 45.2 Å². The maximum Gasteiger partial charge on any atom is 0.251 e. The van der Waals surface area contributed by atoms with E-state index in [2.05, 4.69) is 5.32 Å². The molecule has 1 fully saturated rings. The first-order chi connectivity index (χ1) is 14.5. The predicted octanol–water partition coefficient (Wildman–Crippen LogP) is 3.45. The average molecular weight is 411 g/mol. The minimum Gasteiger partial charge on any atom is -0.497 e. The lowest BCUT2D eigenvalue weighted by atomic mass is 10.1. The Bertz CT molecular complexity index is 864. The number of hydrogen-bond donors (Lipinski definition) is 1. The molecule has 1 aliphatic heterocycles. The molecule has 6 nitrogen and oxygen atoms in total. The van der Waals surface area contributed by atoms with Crippen LogP contribution in [0.3, 0.4) is 0 Å². The molecule has 0 bridgehead atoms. The molecule has 0 saturated carbocycles. The van der Waals surface area contributed by atoms with Gasteiger partial charge in [0.15, 0.2) is 0 Å². The van der Waals surface area contributed by atoms with Crippen LogP contribution in [-0.2, 0) is 11.2 Å². The zero-order chi connectivity index (χ0) is 21.5. The second kappa shape index (κ2) is 10.1. The van der Waals surface area contributed by atoms with E-state index >= 15 is 0 Å². The number of amides is 2. The normalized spacial score (nSPS) is 15.9. The van der Waals surface area contributed by atoms with E-state index < -0.39 is 0 Å². The van der Waals surface area contributed by atoms with Crippen molar-refractivity contribution in [1.82, 2.24) is 10.2 Å². The monoisotopic (exact) mass is 410 g/mol. The third-order valence-electron chi connectivity index (χ3n) is 5.17. The van der Waals surface area contributed by atoms with Crippen LogP contribution in [0, 0.1) is 0 Å². The molecule has 0 aliphatic carbocycles. The van der Waals surface area contributed by atoms with Gasteiger partial charge in [-0.3, -0.25) is 9.59 Å². The topological polar surface area (TPSA) is 67.9 Å². The van der Waals surface area contributed by atoms with Crippen molar-refractivity contribution < 1.29 is 19.1 Å². The summed E-state index contributed by atoms with van der Waals surface area (Å²) in [5.74, 6) is 1.46. The molecule has 1 saturated heterocycles. The number of benzene rings is 2. The fourth-order valence-corrected chi connectivity index (χ4v) is 3.64. The van der Waals surface area contributed by atoms with Crippen molar-refractivity contribution in [3.63, 3.8) is 0 Å². The first-order valence-corrected chi connectivity index (χ1v) is 10.4. The quantitative estimate of drug-likeness (QED) is 0.724. The van der Waals surface area contributed by atoms with Crippen LogP contribution in [-0.4, -0.2) is 49.1 Å². The van der Waals surface area contributed by atoms with Crippen molar-refractivity contribution in [2.75, 3.05) is 20.3 Å². The van der Waals surface area contributed by atoms with Crippen LogP contribution in [0.2, 0.25) is 0 Å². The van der Waals surface area contributed by atoms with Gasteiger partial charge < -0.3 is 19.7 Å². The number of nitrogens with zero attached hydrogens (tertiary/aromatic N) is 1. The van der Waals surface area contributed by atoms with E-state index in [0.717, 1.165) is 30.7 Å². The van der Waals surface area contributed by atoms with Crippen molar-refractivity contribution in [3.8, 4) is 11.5 Å². The van der Waals surface area contributed by atoms with Gasteiger partial charge in [-0.15, -0.1) is 0 Å². The lowest BCUT2D eigenvalue weighted by Gasteiger charge is -2.25. The molecule has 3 rings (SSSR count). The molecule has 30 heavy (non-hydrogen) atoms. The number of methoxy groups -OCH3 is 1. The van der Waals surface area contributed by atoms with Gasteiger partial charge in [0.25, 0.3) is 5.91 Å². The number of carbonyl (C=O) groups is 2. The SMILES string of the molecule is COc1cccc(CC(=O)N2CCCC2COc2ccc(C(=O)NC(C)C)cc2)c1. The second-order valence-corrected chi connectivity index (χ2v) is 7.88. The fraction of sp³-hybridized carbons (Fsp3) is 0.417. The Hall–Kier alpha value is -3.02. The molecular weight excluding hydrogens is 380 g/mol. The van der Waals surface area contributed by atoms with Crippen LogP contribution in [0.5, 0.6) is 11.5 Å². The molecular formula is C24H30N2O4. The molecule has 160 valence electrons. The lowest BCUT2D eigenvalue weighted by Crippen LogP contribution is -2.39. The molecule has 0 spiro atoms. The molecule has 2 aromatic rings. The average Bonchev–Trinajstić information content (AvgIpc) is 3.21. The Morgan fingerprint density at radius 2 is 1.90 bits per heavy atom. The van der Waals surface area contributed by atoms with E-state index in [0.29, 0.717) is 24.3 Å². The van der Waals surface area contributed by atoms with Gasteiger partial charge in [0.1, 0.15) is 18.1 Å². The molecule has 1 atom stereocenters. The zero-order valence-corrected chi connectivity index (χ0v) is 17.9. The zero-order valence-electron chi connectivity index (χ0n) is 17.9. The van der Waals surface area contributed by atoms with Crippen molar-refractivity contribution >= 4 is 11.8 Å². The number of hydrogen-bond acceptors (Lipinski definition) is 4. The van der Waals surface area contributed by atoms with Gasteiger partial charge in [0.2, 0.25) is 5.91 Å². The summed E-state index contributed by atoms with van der Waals surface area (Å²) in [4.78, 5) is 26.8. The van der Waals surface area contributed by atoms with Gasteiger partial charge >= 0.3 is 0 Å². The number of carbonyl (C=O) groups excluding carboxylic acids is 2. The lowest BCUT2D eigenvalue weighted by molar-refractivity contribution is -0.131. The molecule has 1 N–H and O–H groups in total. The van der Waals surface area contributed by atoms with Gasteiger partial charge in [-0.1, -0.05) is 12.1 Å². The standard InChI is InChI=1S/C24H30N2O4/c1-17(2)25-24(28)19-9-11-21(12-10-19)30-16-20-7-5-13-26(20)23(27)15-18-6-4-8-22(14-18)29-3/h4,6,8-12,14,17,20H,5,7,13,15-16H2,1-3H3,(H,25,28). The van der Waals surface area contributed by atoms with Crippen molar-refractivity contribution in [1.29, 1.82) is 0 Å². The highest BCUT2D eigenvalue weighted by atomic mass is 16.5. The minimum absolute atomic E-state index is 0.0621. The highest BCUT2D eigenvalue weighted by Crippen LogP contribution is 2.22. The van der Waals surface area contributed by atoms with Crippen LogP contribution >= 0.6 is 0 Å². The molecule has 1 heterocycles. The molecule has 2 aromatic carbocycles. The van der Waals surface area contributed by atoms with Gasteiger partial charge in [-0.2, -0.15) is 0 Å². The van der Waals surface area contributed by atoms with Crippen LogP contribution in [0.25, 0.3) is 0 Å². The summed E-state index contributed by atoms with van der Waals surface area (Å²) in [5.41, 5.74) is 1.55. The van der Waals surface area contributed by atoms with Gasteiger partial charge in [-0.25, -0.2) is 0 Å². The van der Waals surface area contributed by atoms with E-state index in [-0.39, 0.29) is 23.9 Å². The summed E-state index contributed by atoms with van der Waals surface area (Å²) in [6.07, 6.45) is 2.26. The Balaban J connectivity index is 1.54. The van der Waals surface area contributed by atoms with Gasteiger partial charge in [-0.05, 0) is 68.7 Å². The van der Waals surface area contributed by atoms with Crippen LogP contribution in [0.4, 0.5) is 0 Å². The number of nitrogens with one attached hydrogen (secondary N) is 1.